The minimum absolute atomic E-state index is 1.14. The molecule has 0 unspecified atom stereocenters. The molecule has 1 aromatic heterocycles. The molecule has 86 valence electrons. The lowest BCUT2D eigenvalue weighted by atomic mass is 10.2. The first kappa shape index (κ1) is 11.2. The van der Waals surface area contributed by atoms with E-state index < -0.39 is 0 Å². The van der Waals surface area contributed by atoms with Crippen LogP contribution in [0.2, 0.25) is 0 Å². The number of hydrogen-bond donors (Lipinski definition) is 0. The molecular weight excluding hydrogens is 196 g/mol. The molecule has 1 aromatic carbocycles. The number of rotatable bonds is 5. The highest BCUT2D eigenvalue weighted by Crippen LogP contribution is 2.11. The van der Waals surface area contributed by atoms with E-state index >= 15 is 0 Å². The third kappa shape index (κ3) is 2.26. The molecule has 2 nitrogen and oxygen atoms in total. The van der Waals surface area contributed by atoms with E-state index in [4.69, 9.17) is 0 Å². The summed E-state index contributed by atoms with van der Waals surface area (Å²) in [6.07, 6.45) is 7.49. The molecule has 0 aliphatic heterocycles. The smallest absolute Gasteiger partial charge is 0.233 e. The van der Waals surface area contributed by atoms with Gasteiger partial charge in [-0.15, -0.1) is 0 Å². The standard InChI is InChI=1S/C14H21N2/c1-3-4-5-8-11-16-12-15(2)13-9-6-7-10-14(13)16/h6-7,9-10,12H,3-5,8,11H2,1-2H3/q+1. The molecule has 2 aromatic rings. The van der Waals surface area contributed by atoms with Crippen molar-refractivity contribution in [3.05, 3.63) is 30.6 Å². The summed E-state index contributed by atoms with van der Waals surface area (Å²) >= 11 is 0. The Hall–Kier alpha value is -1.31. The monoisotopic (exact) mass is 217 g/mol. The number of nitrogens with zero attached hydrogens (tertiary/aromatic N) is 2. The van der Waals surface area contributed by atoms with Gasteiger partial charge in [0.05, 0.1) is 13.6 Å². The van der Waals surface area contributed by atoms with Crippen LogP contribution >= 0.6 is 0 Å². The van der Waals surface area contributed by atoms with Crippen molar-refractivity contribution >= 4 is 11.0 Å². The van der Waals surface area contributed by atoms with Crippen molar-refractivity contribution < 1.29 is 4.57 Å². The summed E-state index contributed by atoms with van der Waals surface area (Å²) in [5.41, 5.74) is 2.67. The zero-order valence-electron chi connectivity index (χ0n) is 10.3. The molecule has 1 heterocycles. The number of hydrogen-bond acceptors (Lipinski definition) is 0. The van der Waals surface area contributed by atoms with Crippen LogP contribution in [-0.2, 0) is 13.6 Å². The minimum Gasteiger partial charge on any atom is -0.233 e. The third-order valence-corrected chi connectivity index (χ3v) is 3.14. The Morgan fingerprint density at radius 3 is 2.75 bits per heavy atom. The Morgan fingerprint density at radius 1 is 1.12 bits per heavy atom. The van der Waals surface area contributed by atoms with Gasteiger partial charge in [0.15, 0.2) is 11.0 Å². The van der Waals surface area contributed by atoms with Crippen molar-refractivity contribution in [1.82, 2.24) is 4.57 Å². The summed E-state index contributed by atoms with van der Waals surface area (Å²) in [5.74, 6) is 0. The molecule has 2 heteroatoms. The van der Waals surface area contributed by atoms with Crippen LogP contribution in [0.25, 0.3) is 11.0 Å². The fraction of sp³-hybridized carbons (Fsp3) is 0.500. The highest BCUT2D eigenvalue weighted by Gasteiger charge is 2.10. The predicted molar refractivity (Wildman–Crippen MR) is 67.3 cm³/mol. The first-order valence-corrected chi connectivity index (χ1v) is 6.26. The van der Waals surface area contributed by atoms with Crippen molar-refractivity contribution in [2.45, 2.75) is 39.2 Å². The average molecular weight is 217 g/mol. The van der Waals surface area contributed by atoms with Gasteiger partial charge in [0.2, 0.25) is 6.33 Å². The number of benzene rings is 1. The molecule has 0 N–H and O–H groups in total. The van der Waals surface area contributed by atoms with Crippen molar-refractivity contribution in [2.75, 3.05) is 0 Å². The van der Waals surface area contributed by atoms with Crippen molar-refractivity contribution in [1.29, 1.82) is 0 Å². The van der Waals surface area contributed by atoms with Gasteiger partial charge in [0, 0.05) is 0 Å². The highest BCUT2D eigenvalue weighted by atomic mass is 15.1. The minimum atomic E-state index is 1.14. The van der Waals surface area contributed by atoms with E-state index in [2.05, 4.69) is 53.7 Å². The van der Waals surface area contributed by atoms with Crippen LogP contribution in [0.4, 0.5) is 0 Å². The second-order valence-electron chi connectivity index (χ2n) is 4.47. The van der Waals surface area contributed by atoms with Crippen LogP contribution in [0.15, 0.2) is 30.6 Å². The van der Waals surface area contributed by atoms with E-state index in [1.54, 1.807) is 0 Å². The summed E-state index contributed by atoms with van der Waals surface area (Å²) in [6.45, 7) is 3.40. The molecular formula is C14H21N2+. The van der Waals surface area contributed by atoms with Crippen LogP contribution in [0.5, 0.6) is 0 Å². The molecule has 0 bridgehead atoms. The number of aromatic nitrogens is 2. The number of imidazole rings is 1. The van der Waals surface area contributed by atoms with Gasteiger partial charge in [-0.3, -0.25) is 0 Å². The number of fused-ring (bicyclic) bond motifs is 1. The van der Waals surface area contributed by atoms with Crippen molar-refractivity contribution in [3.63, 3.8) is 0 Å². The molecule has 0 saturated carbocycles. The normalized spacial score (nSPS) is 11.1. The number of unbranched alkanes of at least 4 members (excludes halogenated alkanes) is 3. The average Bonchev–Trinajstić information content (AvgIpc) is 2.63. The Labute approximate surface area is 97.5 Å². The van der Waals surface area contributed by atoms with Crippen LogP contribution in [-0.4, -0.2) is 4.57 Å². The molecule has 0 atom stereocenters. The molecule has 0 radical (unpaired) electrons. The van der Waals surface area contributed by atoms with Gasteiger partial charge < -0.3 is 0 Å². The Kier molecular flexibility index (Phi) is 3.60. The van der Waals surface area contributed by atoms with Crippen LogP contribution in [0.1, 0.15) is 32.6 Å². The van der Waals surface area contributed by atoms with Gasteiger partial charge in [0.25, 0.3) is 0 Å². The summed E-state index contributed by atoms with van der Waals surface area (Å²) in [6, 6.07) is 8.60. The Morgan fingerprint density at radius 2 is 1.94 bits per heavy atom. The Bertz CT molecular complexity index is 457. The third-order valence-electron chi connectivity index (χ3n) is 3.14. The van der Waals surface area contributed by atoms with E-state index in [9.17, 15) is 0 Å². The largest absolute Gasteiger partial charge is 0.244 e. The van der Waals surface area contributed by atoms with Crippen LogP contribution in [0, 0.1) is 0 Å². The Balaban J connectivity index is 2.12. The van der Waals surface area contributed by atoms with Gasteiger partial charge in [-0.2, -0.15) is 0 Å². The fourth-order valence-corrected chi connectivity index (χ4v) is 2.23. The maximum atomic E-state index is 2.37. The number of aryl methyl sites for hydroxylation is 2. The zero-order chi connectivity index (χ0) is 11.4. The SMILES string of the molecule is CCCCCCn1c[n+](C)c2ccccc21. The van der Waals surface area contributed by atoms with Crippen molar-refractivity contribution in [3.8, 4) is 0 Å². The van der Waals surface area contributed by atoms with Gasteiger partial charge in [0.1, 0.15) is 0 Å². The summed E-state index contributed by atoms with van der Waals surface area (Å²) in [4.78, 5) is 0. The van der Waals surface area contributed by atoms with E-state index in [1.165, 1.54) is 36.7 Å². The summed E-state index contributed by atoms with van der Waals surface area (Å²) in [5, 5.41) is 0. The lowest BCUT2D eigenvalue weighted by molar-refractivity contribution is -0.645. The fourth-order valence-electron chi connectivity index (χ4n) is 2.23. The molecule has 0 amide bonds. The highest BCUT2D eigenvalue weighted by molar-refractivity contribution is 5.71. The summed E-state index contributed by atoms with van der Waals surface area (Å²) in [7, 11) is 2.12. The molecule has 0 spiro atoms. The van der Waals surface area contributed by atoms with E-state index in [0.717, 1.165) is 6.54 Å². The van der Waals surface area contributed by atoms with Crippen LogP contribution in [0.3, 0.4) is 0 Å². The predicted octanol–water partition coefficient (Wildman–Crippen LogP) is 3.05. The topological polar surface area (TPSA) is 8.81 Å². The van der Waals surface area contributed by atoms with E-state index in [0.29, 0.717) is 0 Å². The zero-order valence-corrected chi connectivity index (χ0v) is 10.3. The second kappa shape index (κ2) is 5.15. The molecule has 0 aliphatic carbocycles. The first-order chi connectivity index (χ1) is 7.83. The van der Waals surface area contributed by atoms with E-state index in [1.807, 2.05) is 0 Å². The molecule has 0 aliphatic rings. The quantitative estimate of drug-likeness (QED) is 0.537. The second-order valence-corrected chi connectivity index (χ2v) is 4.47. The lowest BCUT2D eigenvalue weighted by Gasteiger charge is -1.97. The summed E-state index contributed by atoms with van der Waals surface area (Å²) < 4.78 is 4.57. The lowest BCUT2D eigenvalue weighted by Crippen LogP contribution is -2.25. The van der Waals surface area contributed by atoms with Gasteiger partial charge in [-0.1, -0.05) is 31.9 Å². The molecule has 0 saturated heterocycles. The van der Waals surface area contributed by atoms with Crippen LogP contribution < -0.4 is 4.57 Å². The maximum Gasteiger partial charge on any atom is 0.244 e. The van der Waals surface area contributed by atoms with Gasteiger partial charge in [-0.25, -0.2) is 9.13 Å². The molecule has 0 fully saturated rings. The maximum absolute atomic E-state index is 2.37. The van der Waals surface area contributed by atoms with Gasteiger partial charge >= 0.3 is 0 Å². The van der Waals surface area contributed by atoms with Gasteiger partial charge in [-0.05, 0) is 25.0 Å². The van der Waals surface area contributed by atoms with Crippen molar-refractivity contribution in [2.24, 2.45) is 7.05 Å². The van der Waals surface area contributed by atoms with E-state index in [-0.39, 0.29) is 0 Å². The number of para-hydroxylation sites is 2. The molecule has 16 heavy (non-hydrogen) atoms. The molecule has 2 rings (SSSR count). The first-order valence-electron chi connectivity index (χ1n) is 6.26.